The van der Waals surface area contributed by atoms with Gasteiger partial charge < -0.3 is 28.4 Å². The molecule has 318 valence electrons. The van der Waals surface area contributed by atoms with E-state index in [0.717, 1.165) is 35.7 Å². The van der Waals surface area contributed by atoms with Crippen molar-refractivity contribution < 1.29 is 57.2 Å². The number of hydrogen-bond donors (Lipinski definition) is 0. The molecule has 0 amide bonds. The number of carbonyl (C=O) groups excluding carboxylic acids is 6. The molecule has 0 N–H and O–H groups in total. The zero-order valence-corrected chi connectivity index (χ0v) is 35.1. The van der Waals surface area contributed by atoms with Gasteiger partial charge >= 0.3 is 23.9 Å². The van der Waals surface area contributed by atoms with Crippen LogP contribution in [0.3, 0.4) is 0 Å². The van der Waals surface area contributed by atoms with Crippen molar-refractivity contribution in [2.24, 2.45) is 0 Å². The van der Waals surface area contributed by atoms with Gasteiger partial charge in [-0.25, -0.2) is 19.2 Å². The van der Waals surface area contributed by atoms with Gasteiger partial charge in [-0.3, -0.25) is 9.59 Å². The molecular weight excluding hydrogens is 833 g/mol. The Morgan fingerprint density at radius 1 is 0.403 bits per heavy atom. The molecule has 0 aliphatic heterocycles. The lowest BCUT2D eigenvalue weighted by atomic mass is 10.2. The maximum absolute atomic E-state index is 13.0. The first-order valence-corrected chi connectivity index (χ1v) is 21.0. The zero-order valence-electron chi connectivity index (χ0n) is 33.5. The fourth-order valence-electron chi connectivity index (χ4n) is 5.18. The molecule has 5 aromatic carbocycles. The minimum Gasteiger partial charge on any atom is -0.494 e. The van der Waals surface area contributed by atoms with E-state index < -0.39 is 23.9 Å². The Balaban J connectivity index is 1.01. The van der Waals surface area contributed by atoms with Crippen LogP contribution in [0.4, 0.5) is 0 Å². The van der Waals surface area contributed by atoms with Crippen LogP contribution < -0.4 is 18.9 Å². The molecule has 0 fully saturated rings. The molecule has 0 heterocycles. The average Bonchev–Trinajstić information content (AvgIpc) is 3.30. The molecule has 0 unspecified atom stereocenters. The predicted octanol–water partition coefficient (Wildman–Crippen LogP) is 9.77. The van der Waals surface area contributed by atoms with Gasteiger partial charge in [0.2, 0.25) is 10.2 Å². The van der Waals surface area contributed by atoms with Crippen molar-refractivity contribution in [3.05, 3.63) is 169 Å². The summed E-state index contributed by atoms with van der Waals surface area (Å²) < 4.78 is 32.2. The Hall–Kier alpha value is -6.90. The topological polar surface area (TPSA) is 158 Å². The molecule has 5 rings (SSSR count). The monoisotopic (exact) mass is 874 g/mol. The van der Waals surface area contributed by atoms with E-state index in [4.69, 9.17) is 28.4 Å². The Morgan fingerprint density at radius 3 is 1.05 bits per heavy atom. The van der Waals surface area contributed by atoms with Crippen LogP contribution in [0.15, 0.2) is 156 Å². The predicted molar refractivity (Wildman–Crippen MR) is 234 cm³/mol. The number of esters is 4. The molecule has 5 aromatic rings. The maximum atomic E-state index is 13.0. The summed E-state index contributed by atoms with van der Waals surface area (Å²) >= 11 is 2.00. The van der Waals surface area contributed by atoms with Gasteiger partial charge in [0, 0.05) is 33.1 Å². The van der Waals surface area contributed by atoms with Crippen molar-refractivity contribution in [1.29, 1.82) is 0 Å². The summed E-state index contributed by atoms with van der Waals surface area (Å²) in [4.78, 5) is 74.8. The highest BCUT2D eigenvalue weighted by Crippen LogP contribution is 2.29. The lowest BCUT2D eigenvalue weighted by molar-refractivity contribution is -0.138. The molecule has 0 radical (unpaired) electrons. The molecule has 0 bridgehead atoms. The van der Waals surface area contributed by atoms with Gasteiger partial charge in [0.15, 0.2) is 0 Å². The summed E-state index contributed by atoms with van der Waals surface area (Å²) in [7, 11) is 0. The minimum atomic E-state index is -0.551. The lowest BCUT2D eigenvalue weighted by Gasteiger charge is -2.08. The summed E-state index contributed by atoms with van der Waals surface area (Å²) in [5.74, 6) is -0.223. The number of ether oxygens (including phenoxy) is 6. The van der Waals surface area contributed by atoms with Crippen LogP contribution in [0.25, 0.3) is 0 Å². The molecule has 0 saturated carbocycles. The highest BCUT2D eigenvalue weighted by molar-refractivity contribution is 8.14. The maximum Gasteiger partial charge on any atom is 0.343 e. The minimum absolute atomic E-state index is 0.230. The summed E-state index contributed by atoms with van der Waals surface area (Å²) in [6.45, 7) is 8.12. The molecule has 0 atom stereocenters. The van der Waals surface area contributed by atoms with Gasteiger partial charge in [0.1, 0.15) is 23.0 Å². The Bertz CT molecular complexity index is 2160. The van der Waals surface area contributed by atoms with Crippen molar-refractivity contribution in [3.63, 3.8) is 0 Å². The number of thioether (sulfide) groups is 2. The van der Waals surface area contributed by atoms with E-state index in [9.17, 15) is 28.8 Å². The molecule has 0 aliphatic carbocycles. The highest BCUT2D eigenvalue weighted by atomic mass is 32.2. The fourth-order valence-corrected chi connectivity index (χ4v) is 6.66. The second-order valence-corrected chi connectivity index (χ2v) is 15.1. The van der Waals surface area contributed by atoms with Crippen LogP contribution in [-0.4, -0.2) is 60.5 Å². The van der Waals surface area contributed by atoms with E-state index in [-0.39, 0.29) is 23.4 Å². The van der Waals surface area contributed by atoms with E-state index >= 15 is 0 Å². The number of carbonyl (C=O) groups is 6. The van der Waals surface area contributed by atoms with Crippen molar-refractivity contribution in [2.75, 3.05) is 26.4 Å². The largest absolute Gasteiger partial charge is 0.494 e. The number of benzene rings is 5. The third-order valence-corrected chi connectivity index (χ3v) is 10.3. The third kappa shape index (κ3) is 15.3. The SMILES string of the molecule is C=CC(=O)OCCCCOc1ccc(C(=O)Oc2ccc(SC(=O)c3ccc(C(=O)Sc4ccc(OC(=O)c5ccc(OCCCCOC(=O)C=C)cc5)cc4)cc3)cc2)cc1. The first-order valence-electron chi connectivity index (χ1n) is 19.3. The van der Waals surface area contributed by atoms with E-state index in [1.165, 1.54) is 0 Å². The lowest BCUT2D eigenvalue weighted by Crippen LogP contribution is -2.08. The number of unbranched alkanes of at least 4 members (excludes halogenated alkanes) is 2. The molecule has 12 nitrogen and oxygen atoms in total. The van der Waals surface area contributed by atoms with Crippen molar-refractivity contribution in [3.8, 4) is 23.0 Å². The zero-order chi connectivity index (χ0) is 44.1. The molecule has 0 aromatic heterocycles. The van der Waals surface area contributed by atoms with Crippen LogP contribution >= 0.6 is 23.5 Å². The second kappa shape index (κ2) is 24.4. The molecular formula is C48H42O12S2. The summed E-state index contributed by atoms with van der Waals surface area (Å²) in [5, 5.41) is -0.460. The smallest absolute Gasteiger partial charge is 0.343 e. The summed E-state index contributed by atoms with van der Waals surface area (Å²) in [6, 6.07) is 32.5. The van der Waals surface area contributed by atoms with Crippen molar-refractivity contribution in [1.82, 2.24) is 0 Å². The van der Waals surface area contributed by atoms with Crippen molar-refractivity contribution >= 4 is 57.6 Å². The number of hydrogen-bond acceptors (Lipinski definition) is 14. The van der Waals surface area contributed by atoms with Crippen molar-refractivity contribution in [2.45, 2.75) is 35.5 Å². The molecule has 0 aliphatic rings. The van der Waals surface area contributed by atoms with Crippen LogP contribution in [0.1, 0.15) is 67.1 Å². The van der Waals surface area contributed by atoms with E-state index in [1.54, 1.807) is 121 Å². The average molecular weight is 875 g/mol. The van der Waals surface area contributed by atoms with Crippen LogP contribution in [0, 0.1) is 0 Å². The summed E-state index contributed by atoms with van der Waals surface area (Å²) in [5.41, 5.74) is 1.48. The Labute approximate surface area is 367 Å². The molecule has 0 spiro atoms. The van der Waals surface area contributed by atoms with Gasteiger partial charge in [-0.1, -0.05) is 13.2 Å². The molecule has 0 saturated heterocycles. The quantitative estimate of drug-likeness (QED) is 0.0213. The standard InChI is InChI=1S/C48H42O12S2/c1-3-43(49)57-31-7-5-29-55-37-17-13-33(14-18-37)45(51)59-39-21-25-41(26-22-39)61-47(53)35-9-11-36(12-10-35)48(54)62-42-27-23-40(24-28-42)60-46(52)34-15-19-38(20-16-34)56-30-6-8-32-58-44(50)4-2/h3-4,9-28H,1-2,5-8,29-32H2. The van der Waals surface area contributed by atoms with Gasteiger partial charge in [0.05, 0.1) is 37.6 Å². The highest BCUT2D eigenvalue weighted by Gasteiger charge is 2.15. The van der Waals surface area contributed by atoms with Gasteiger partial charge in [-0.15, -0.1) is 0 Å². The van der Waals surface area contributed by atoms with Gasteiger partial charge in [0.25, 0.3) is 0 Å². The van der Waals surface area contributed by atoms with Gasteiger partial charge in [-0.2, -0.15) is 0 Å². The third-order valence-electron chi connectivity index (χ3n) is 8.46. The van der Waals surface area contributed by atoms with Crippen LogP contribution in [0.5, 0.6) is 23.0 Å². The van der Waals surface area contributed by atoms with E-state index in [0.29, 0.717) is 93.9 Å². The second-order valence-electron chi connectivity index (χ2n) is 13.0. The molecule has 62 heavy (non-hydrogen) atoms. The van der Waals surface area contributed by atoms with Crippen LogP contribution in [0.2, 0.25) is 0 Å². The van der Waals surface area contributed by atoms with E-state index in [1.807, 2.05) is 0 Å². The molecule has 14 heteroatoms. The fraction of sp³-hybridized carbons (Fsp3) is 0.167. The Kier molecular flexibility index (Phi) is 18.2. The Morgan fingerprint density at radius 2 is 0.710 bits per heavy atom. The van der Waals surface area contributed by atoms with Gasteiger partial charge in [-0.05, 0) is 171 Å². The first-order chi connectivity index (χ1) is 30.1. The van der Waals surface area contributed by atoms with Crippen LogP contribution in [-0.2, 0) is 19.1 Å². The normalized spacial score (nSPS) is 10.5. The van der Waals surface area contributed by atoms with E-state index in [2.05, 4.69) is 13.2 Å². The summed E-state index contributed by atoms with van der Waals surface area (Å²) in [6.07, 6.45) is 4.90. The first kappa shape index (κ1) is 46.2. The number of rotatable bonds is 22.